The second-order valence-electron chi connectivity index (χ2n) is 8.49. The zero-order valence-electron chi connectivity index (χ0n) is 19.5. The lowest BCUT2D eigenvalue weighted by molar-refractivity contribution is -0.124. The number of sulfonamides is 1. The second-order valence-corrected chi connectivity index (χ2v) is 10.6. The number of benzene rings is 2. The average Bonchev–Trinajstić information content (AvgIpc) is 3.05. The number of morpholine rings is 1. The second kappa shape index (κ2) is 9.83. The first-order chi connectivity index (χ1) is 16.2. The predicted molar refractivity (Wildman–Crippen MR) is 136 cm³/mol. The summed E-state index contributed by atoms with van der Waals surface area (Å²) in [5.41, 5.74) is 2.64. The van der Waals surface area contributed by atoms with Crippen LogP contribution in [-0.2, 0) is 19.6 Å². The third-order valence-electron chi connectivity index (χ3n) is 5.80. The van der Waals surface area contributed by atoms with Crippen molar-refractivity contribution in [3.05, 3.63) is 65.4 Å². The molecule has 0 radical (unpaired) electrons. The number of ether oxygens (including phenoxy) is 1. The van der Waals surface area contributed by atoms with Crippen molar-refractivity contribution >= 4 is 45.0 Å². The van der Waals surface area contributed by atoms with Gasteiger partial charge in [0.25, 0.3) is 15.9 Å². The highest BCUT2D eigenvalue weighted by atomic mass is 32.2. The van der Waals surface area contributed by atoms with E-state index in [1.54, 1.807) is 18.2 Å². The largest absolute Gasteiger partial charge is 0.379 e. The van der Waals surface area contributed by atoms with Gasteiger partial charge in [-0.3, -0.25) is 14.6 Å². The van der Waals surface area contributed by atoms with Crippen LogP contribution in [0, 0.1) is 6.92 Å². The van der Waals surface area contributed by atoms with Crippen molar-refractivity contribution in [2.24, 2.45) is 0 Å². The summed E-state index contributed by atoms with van der Waals surface area (Å²) < 4.78 is 33.7. The number of rotatable bonds is 6. The summed E-state index contributed by atoms with van der Waals surface area (Å²) in [4.78, 5) is 18.9. The molecule has 2 aliphatic rings. The van der Waals surface area contributed by atoms with E-state index in [9.17, 15) is 13.2 Å². The molecule has 0 unspecified atom stereocenters. The van der Waals surface area contributed by atoms with Gasteiger partial charge < -0.3 is 9.64 Å². The summed E-state index contributed by atoms with van der Waals surface area (Å²) in [5, 5.41) is -0.0479. The van der Waals surface area contributed by atoms with E-state index in [1.165, 1.54) is 17.0 Å². The predicted octanol–water partition coefficient (Wildman–Crippen LogP) is 2.51. The van der Waals surface area contributed by atoms with Crippen LogP contribution in [0.15, 0.2) is 59.1 Å². The summed E-state index contributed by atoms with van der Waals surface area (Å²) in [5.74, 6) is -0.441. The quantitative estimate of drug-likeness (QED) is 0.446. The van der Waals surface area contributed by atoms with Gasteiger partial charge in [0.1, 0.15) is 5.70 Å². The zero-order chi connectivity index (χ0) is 24.5. The molecule has 180 valence electrons. The van der Waals surface area contributed by atoms with Crippen LogP contribution in [0.5, 0.6) is 0 Å². The SMILES string of the molecule is Cc1ccc(S(=O)(=O)N2C(=S)N(CN3CCOCC3)C(=O)/C2=C/c2ccc(N(C)C)cc2)cc1. The van der Waals surface area contributed by atoms with Gasteiger partial charge in [0.2, 0.25) is 0 Å². The molecular weight excluding hydrogens is 472 g/mol. The number of anilines is 1. The number of amides is 1. The van der Waals surface area contributed by atoms with E-state index in [1.807, 2.05) is 55.1 Å². The average molecular weight is 501 g/mol. The van der Waals surface area contributed by atoms with Crippen molar-refractivity contribution in [2.45, 2.75) is 11.8 Å². The van der Waals surface area contributed by atoms with Crippen molar-refractivity contribution in [3.8, 4) is 0 Å². The van der Waals surface area contributed by atoms with Gasteiger partial charge in [0, 0.05) is 32.9 Å². The third kappa shape index (κ3) is 4.85. The number of nitrogens with zero attached hydrogens (tertiary/aromatic N) is 4. The Kier molecular flexibility index (Phi) is 7.04. The molecule has 2 aliphatic heterocycles. The van der Waals surface area contributed by atoms with Gasteiger partial charge in [-0.25, -0.2) is 12.7 Å². The maximum Gasteiger partial charge on any atom is 0.279 e. The van der Waals surface area contributed by atoms with Crippen molar-refractivity contribution in [3.63, 3.8) is 0 Å². The van der Waals surface area contributed by atoms with E-state index < -0.39 is 15.9 Å². The Morgan fingerprint density at radius 2 is 1.65 bits per heavy atom. The zero-order valence-corrected chi connectivity index (χ0v) is 21.1. The van der Waals surface area contributed by atoms with Crippen LogP contribution >= 0.6 is 12.2 Å². The Bertz CT molecular complexity index is 1200. The molecule has 2 aromatic rings. The third-order valence-corrected chi connectivity index (χ3v) is 8.04. The molecule has 0 spiro atoms. The molecule has 34 heavy (non-hydrogen) atoms. The van der Waals surface area contributed by atoms with Gasteiger partial charge in [-0.2, -0.15) is 0 Å². The Labute approximate surface area is 206 Å². The molecule has 0 saturated carbocycles. The molecule has 4 rings (SSSR count). The summed E-state index contributed by atoms with van der Waals surface area (Å²) in [6.07, 6.45) is 1.58. The van der Waals surface area contributed by atoms with Crippen LogP contribution < -0.4 is 4.90 Å². The van der Waals surface area contributed by atoms with E-state index in [4.69, 9.17) is 17.0 Å². The first-order valence-corrected chi connectivity index (χ1v) is 12.8. The van der Waals surface area contributed by atoms with Crippen molar-refractivity contribution < 1.29 is 17.9 Å². The molecule has 10 heteroatoms. The van der Waals surface area contributed by atoms with Crippen LogP contribution in [0.4, 0.5) is 5.69 Å². The van der Waals surface area contributed by atoms with Crippen LogP contribution in [-0.4, -0.2) is 80.6 Å². The van der Waals surface area contributed by atoms with Gasteiger partial charge in [-0.05, 0) is 55.0 Å². The Balaban J connectivity index is 1.75. The molecule has 0 bridgehead atoms. The first kappa shape index (κ1) is 24.3. The van der Waals surface area contributed by atoms with Crippen molar-refractivity contribution in [2.75, 3.05) is 52.0 Å². The standard InChI is InChI=1S/C24H28N4O4S2/c1-18-4-10-21(11-5-18)34(30,31)28-22(16-19-6-8-20(9-7-19)25(2)3)23(29)27(24(28)33)17-26-12-14-32-15-13-26/h4-11,16H,12-15,17H2,1-3H3/b22-16-. The summed E-state index contributed by atoms with van der Waals surface area (Å²) in [7, 11) is -0.220. The van der Waals surface area contributed by atoms with E-state index in [-0.39, 0.29) is 22.4 Å². The van der Waals surface area contributed by atoms with Crippen LogP contribution in [0.25, 0.3) is 6.08 Å². The van der Waals surface area contributed by atoms with Gasteiger partial charge in [-0.15, -0.1) is 0 Å². The lowest BCUT2D eigenvalue weighted by Gasteiger charge is -2.30. The van der Waals surface area contributed by atoms with E-state index >= 15 is 0 Å². The molecule has 2 saturated heterocycles. The maximum absolute atomic E-state index is 13.7. The molecular formula is C24H28N4O4S2. The Morgan fingerprint density at radius 1 is 1.03 bits per heavy atom. The van der Waals surface area contributed by atoms with Crippen molar-refractivity contribution in [1.29, 1.82) is 0 Å². The fourth-order valence-electron chi connectivity index (χ4n) is 3.79. The smallest absolute Gasteiger partial charge is 0.279 e. The normalized spacial score (nSPS) is 18.7. The molecule has 0 aromatic heterocycles. The maximum atomic E-state index is 13.7. The number of carbonyl (C=O) groups is 1. The number of hydrogen-bond donors (Lipinski definition) is 0. The number of hydrogen-bond acceptors (Lipinski definition) is 7. The topological polar surface area (TPSA) is 73.4 Å². The fraction of sp³-hybridized carbons (Fsp3) is 0.333. The van der Waals surface area contributed by atoms with Gasteiger partial charge in [0.15, 0.2) is 5.11 Å². The minimum atomic E-state index is -4.09. The minimum absolute atomic E-state index is 0.0106. The first-order valence-electron chi connectivity index (χ1n) is 11.0. The van der Waals surface area contributed by atoms with E-state index in [2.05, 4.69) is 0 Å². The van der Waals surface area contributed by atoms with E-state index in [0.717, 1.165) is 15.6 Å². The van der Waals surface area contributed by atoms with Gasteiger partial charge >= 0.3 is 0 Å². The van der Waals surface area contributed by atoms with Crippen LogP contribution in [0.3, 0.4) is 0 Å². The molecule has 2 heterocycles. The molecule has 0 aliphatic carbocycles. The fourth-order valence-corrected chi connectivity index (χ4v) is 5.70. The Hall–Kier alpha value is -2.79. The highest BCUT2D eigenvalue weighted by Gasteiger charge is 2.45. The highest BCUT2D eigenvalue weighted by Crippen LogP contribution is 2.31. The summed E-state index contributed by atoms with van der Waals surface area (Å²) >= 11 is 5.58. The Morgan fingerprint density at radius 3 is 2.24 bits per heavy atom. The lowest BCUT2D eigenvalue weighted by Crippen LogP contribution is -2.46. The van der Waals surface area contributed by atoms with Gasteiger partial charge in [0.05, 0.1) is 24.8 Å². The minimum Gasteiger partial charge on any atom is -0.379 e. The van der Waals surface area contributed by atoms with Crippen LogP contribution in [0.1, 0.15) is 11.1 Å². The highest BCUT2D eigenvalue weighted by molar-refractivity contribution is 7.91. The molecule has 2 aromatic carbocycles. The molecule has 0 atom stereocenters. The molecule has 8 nitrogen and oxygen atoms in total. The van der Waals surface area contributed by atoms with Crippen LogP contribution in [0.2, 0.25) is 0 Å². The monoisotopic (exact) mass is 500 g/mol. The summed E-state index contributed by atoms with van der Waals surface area (Å²) in [6, 6.07) is 14.0. The van der Waals surface area contributed by atoms with Gasteiger partial charge in [-0.1, -0.05) is 29.8 Å². The number of thiocarbonyl (C=S) groups is 1. The van der Waals surface area contributed by atoms with E-state index in [0.29, 0.717) is 31.9 Å². The van der Waals surface area contributed by atoms with Crippen molar-refractivity contribution in [1.82, 2.24) is 14.1 Å². The molecule has 1 amide bonds. The number of aryl methyl sites for hydroxylation is 1. The lowest BCUT2D eigenvalue weighted by atomic mass is 10.1. The molecule has 2 fully saturated rings. The summed E-state index contributed by atoms with van der Waals surface area (Å²) in [6.45, 7) is 4.48. The molecule has 0 N–H and O–H groups in total. The number of carbonyl (C=O) groups excluding carboxylic acids is 1.